The molecule has 3 rings (SSSR count). The predicted octanol–water partition coefficient (Wildman–Crippen LogP) is 6.75. The van der Waals surface area contributed by atoms with Crippen LogP contribution in [0.5, 0.6) is 0 Å². The molecule has 0 nitrogen and oxygen atoms in total. The molecule has 0 radical (unpaired) electrons. The van der Waals surface area contributed by atoms with Crippen molar-refractivity contribution in [1.29, 1.82) is 0 Å². The maximum atomic E-state index is 13.3. The number of hydrogen-bond acceptors (Lipinski definition) is 0. The van der Waals surface area contributed by atoms with E-state index >= 15 is 0 Å². The summed E-state index contributed by atoms with van der Waals surface area (Å²) in [4.78, 5) is 0. The lowest BCUT2D eigenvalue weighted by molar-refractivity contribution is 0.186. The Morgan fingerprint density at radius 3 is 2.24 bits per heavy atom. The Labute approximate surface area is 154 Å². The second-order valence-electron chi connectivity index (χ2n) is 8.64. The molecular weight excluding hydrogens is 330 g/mol. The number of benzene rings is 1. The average Bonchev–Trinajstić information content (AvgIpc) is 2.64. The lowest BCUT2D eigenvalue weighted by Gasteiger charge is -2.37. The van der Waals surface area contributed by atoms with Crippen molar-refractivity contribution in [2.75, 3.05) is 0 Å². The molecule has 1 saturated carbocycles. The van der Waals surface area contributed by atoms with Crippen LogP contribution in [0.25, 0.3) is 0 Å². The lowest BCUT2D eigenvalue weighted by Crippen LogP contribution is -2.28. The fraction of sp³-hybridized carbons (Fsp3) is 0.727. The molecule has 0 amide bonds. The van der Waals surface area contributed by atoms with E-state index in [2.05, 4.69) is 6.92 Å². The van der Waals surface area contributed by atoms with Crippen LogP contribution in [0.1, 0.15) is 63.9 Å². The van der Waals surface area contributed by atoms with Gasteiger partial charge in [0.05, 0.1) is 0 Å². The van der Waals surface area contributed by atoms with E-state index in [4.69, 9.17) is 0 Å². The molecule has 1 aliphatic heterocycles. The van der Waals surface area contributed by atoms with Gasteiger partial charge in [-0.05, 0) is 61.1 Å². The molecule has 25 heavy (non-hydrogen) atoms. The zero-order valence-electron chi connectivity index (χ0n) is 15.8. The maximum Gasteiger partial charge on any atom is 0.159 e. The van der Waals surface area contributed by atoms with Gasteiger partial charge in [-0.1, -0.05) is 63.2 Å². The van der Waals surface area contributed by atoms with Crippen molar-refractivity contribution in [2.24, 2.45) is 17.8 Å². The fourth-order valence-corrected chi connectivity index (χ4v) is 8.85. The largest absolute Gasteiger partial charge is 0.204 e. The molecule has 0 unspecified atom stereocenters. The van der Waals surface area contributed by atoms with Crippen LogP contribution < -0.4 is 0 Å². The molecule has 3 heteroatoms. The molecular formula is C22H34F2Si. The van der Waals surface area contributed by atoms with Gasteiger partial charge >= 0.3 is 0 Å². The first-order valence-corrected chi connectivity index (χ1v) is 13.0. The van der Waals surface area contributed by atoms with Crippen molar-refractivity contribution in [3.05, 3.63) is 35.4 Å². The van der Waals surface area contributed by atoms with Crippen LogP contribution in [0.2, 0.25) is 18.1 Å². The minimum absolute atomic E-state index is 0.343. The zero-order chi connectivity index (χ0) is 17.6. The third kappa shape index (κ3) is 5.38. The van der Waals surface area contributed by atoms with E-state index in [-0.39, 0.29) is 8.80 Å². The normalized spacial score (nSPS) is 30.4. The van der Waals surface area contributed by atoms with Gasteiger partial charge < -0.3 is 0 Å². The Morgan fingerprint density at radius 2 is 1.60 bits per heavy atom. The zero-order valence-corrected chi connectivity index (χ0v) is 16.9. The Bertz CT molecular complexity index is 529. The minimum Gasteiger partial charge on any atom is -0.204 e. The van der Waals surface area contributed by atoms with Crippen LogP contribution in [0.15, 0.2) is 18.2 Å². The molecule has 1 aromatic rings. The summed E-state index contributed by atoms with van der Waals surface area (Å²) >= 11 is 0. The van der Waals surface area contributed by atoms with Gasteiger partial charge in [-0.25, -0.2) is 8.78 Å². The molecule has 0 spiro atoms. The lowest BCUT2D eigenvalue weighted by atomic mass is 9.73. The standard InChI is InChI=1S/C22H34F2Si/c1-2-13-25-14-11-20(12-15-25)19-8-5-17(6-9-19)3-4-18-7-10-21(23)22(24)16-18/h7,10,16-17,19-20,25H,2-6,8-9,11-15H2,1H3/t17-,19-,20?,25?. The summed E-state index contributed by atoms with van der Waals surface area (Å²) in [5, 5.41) is 0. The van der Waals surface area contributed by atoms with Gasteiger partial charge in [0.2, 0.25) is 0 Å². The number of halogens is 2. The summed E-state index contributed by atoms with van der Waals surface area (Å²) in [7, 11) is -0.343. The molecule has 1 aliphatic carbocycles. The van der Waals surface area contributed by atoms with Crippen LogP contribution in [0.4, 0.5) is 8.78 Å². The van der Waals surface area contributed by atoms with Gasteiger partial charge in [0.1, 0.15) is 0 Å². The van der Waals surface area contributed by atoms with Gasteiger partial charge in [0.15, 0.2) is 11.6 Å². The average molecular weight is 365 g/mol. The quantitative estimate of drug-likeness (QED) is 0.490. The van der Waals surface area contributed by atoms with Crippen molar-refractivity contribution in [1.82, 2.24) is 0 Å². The first kappa shape index (κ1) is 19.1. The van der Waals surface area contributed by atoms with Gasteiger partial charge in [0.25, 0.3) is 0 Å². The van der Waals surface area contributed by atoms with Crippen LogP contribution in [0, 0.1) is 29.4 Å². The van der Waals surface area contributed by atoms with E-state index in [9.17, 15) is 8.78 Å². The summed E-state index contributed by atoms with van der Waals surface area (Å²) in [6.45, 7) is 2.35. The first-order chi connectivity index (χ1) is 12.2. The maximum absolute atomic E-state index is 13.3. The second kappa shape index (κ2) is 9.30. The third-order valence-corrected chi connectivity index (χ3v) is 10.7. The van der Waals surface area contributed by atoms with Crippen LogP contribution >= 0.6 is 0 Å². The molecule has 0 atom stereocenters. The smallest absolute Gasteiger partial charge is 0.159 e. The highest BCUT2D eigenvalue weighted by atomic mass is 28.3. The predicted molar refractivity (Wildman–Crippen MR) is 105 cm³/mol. The highest BCUT2D eigenvalue weighted by Crippen LogP contribution is 2.41. The van der Waals surface area contributed by atoms with Gasteiger partial charge in [-0.3, -0.25) is 0 Å². The van der Waals surface area contributed by atoms with Crippen molar-refractivity contribution < 1.29 is 8.78 Å². The molecule has 0 aromatic heterocycles. The minimum atomic E-state index is -0.735. The summed E-state index contributed by atoms with van der Waals surface area (Å²) in [6, 6.07) is 9.16. The van der Waals surface area contributed by atoms with Crippen LogP contribution in [0.3, 0.4) is 0 Å². The molecule has 1 saturated heterocycles. The summed E-state index contributed by atoms with van der Waals surface area (Å²) < 4.78 is 26.3. The Balaban J connectivity index is 1.38. The summed E-state index contributed by atoms with van der Waals surface area (Å²) in [5.41, 5.74) is 0.945. The number of aryl methyl sites for hydroxylation is 1. The first-order valence-electron chi connectivity index (χ1n) is 10.6. The Morgan fingerprint density at radius 1 is 0.920 bits per heavy atom. The van der Waals surface area contributed by atoms with E-state index in [0.29, 0.717) is 0 Å². The second-order valence-corrected chi connectivity index (χ2v) is 12.1. The summed E-state index contributed by atoms with van der Waals surface area (Å²) in [5.74, 6) is 1.35. The van der Waals surface area contributed by atoms with E-state index in [1.54, 1.807) is 24.2 Å². The third-order valence-electron chi connectivity index (χ3n) is 6.97. The van der Waals surface area contributed by atoms with Crippen molar-refractivity contribution in [2.45, 2.75) is 82.8 Å². The van der Waals surface area contributed by atoms with Crippen LogP contribution in [-0.4, -0.2) is 8.80 Å². The van der Waals surface area contributed by atoms with Gasteiger partial charge in [-0.2, -0.15) is 0 Å². The SMILES string of the molecule is CCC[SiH]1CCC([C@H]2CC[C@H](CCc3ccc(F)c(F)c3)CC2)CC1. The Kier molecular flexibility index (Phi) is 7.09. The molecule has 2 aliphatic rings. The molecule has 0 N–H and O–H groups in total. The molecule has 0 bridgehead atoms. The van der Waals surface area contributed by atoms with E-state index in [0.717, 1.165) is 36.2 Å². The van der Waals surface area contributed by atoms with Crippen LogP contribution in [-0.2, 0) is 6.42 Å². The number of rotatable bonds is 6. The van der Waals surface area contributed by atoms with Crippen molar-refractivity contribution in [3.63, 3.8) is 0 Å². The molecule has 1 aromatic carbocycles. The Hall–Kier alpha value is -0.703. The van der Waals surface area contributed by atoms with E-state index < -0.39 is 11.6 Å². The topological polar surface area (TPSA) is 0 Å². The molecule has 2 fully saturated rings. The molecule has 140 valence electrons. The monoisotopic (exact) mass is 364 g/mol. The van der Waals surface area contributed by atoms with Crippen molar-refractivity contribution in [3.8, 4) is 0 Å². The highest BCUT2D eigenvalue weighted by Gasteiger charge is 2.30. The molecule has 1 heterocycles. The van der Waals surface area contributed by atoms with Gasteiger partial charge in [0, 0.05) is 8.80 Å². The van der Waals surface area contributed by atoms with Crippen molar-refractivity contribution >= 4 is 8.80 Å². The van der Waals surface area contributed by atoms with E-state index in [1.807, 2.05) is 0 Å². The number of hydrogen-bond donors (Lipinski definition) is 0. The highest BCUT2D eigenvalue weighted by molar-refractivity contribution is 6.58. The van der Waals surface area contributed by atoms with E-state index in [1.165, 1.54) is 57.1 Å². The summed E-state index contributed by atoms with van der Waals surface area (Å²) in [6.07, 6.45) is 12.0. The fourth-order valence-electron chi connectivity index (χ4n) is 5.37. The van der Waals surface area contributed by atoms with Gasteiger partial charge in [-0.15, -0.1) is 0 Å².